The number of methoxy groups -OCH3 is 1. The third-order valence-electron chi connectivity index (χ3n) is 5.17. The van der Waals surface area contributed by atoms with Crippen molar-refractivity contribution in [1.82, 2.24) is 5.32 Å². The first-order chi connectivity index (χ1) is 12.9. The molecule has 3 rings (SSSR count). The maximum atomic E-state index is 12.7. The Bertz CT molecular complexity index is 831. The molecule has 0 aliphatic carbocycles. The maximum absolute atomic E-state index is 12.7. The van der Waals surface area contributed by atoms with E-state index in [-0.39, 0.29) is 22.6 Å². The van der Waals surface area contributed by atoms with Gasteiger partial charge in [-0.15, -0.1) is 0 Å². The Labute approximate surface area is 167 Å². The predicted octanol–water partition coefficient (Wildman–Crippen LogP) is 3.95. The van der Waals surface area contributed by atoms with Gasteiger partial charge in [0.2, 0.25) is 0 Å². The average Bonchev–Trinajstić information content (AvgIpc) is 2.67. The van der Waals surface area contributed by atoms with Crippen LogP contribution in [-0.4, -0.2) is 37.9 Å². The molecule has 2 aromatic carbocycles. The molecule has 144 valence electrons. The van der Waals surface area contributed by atoms with E-state index in [0.29, 0.717) is 19.8 Å². The second-order valence-corrected chi connectivity index (χ2v) is 7.86. The van der Waals surface area contributed by atoms with Crippen LogP contribution in [-0.2, 0) is 10.2 Å². The summed E-state index contributed by atoms with van der Waals surface area (Å²) >= 11 is 3.29. The summed E-state index contributed by atoms with van der Waals surface area (Å²) in [6.07, 6.45) is 1.58. The van der Waals surface area contributed by atoms with Gasteiger partial charge in [0.05, 0.1) is 12.7 Å². The predicted molar refractivity (Wildman–Crippen MR) is 108 cm³/mol. The van der Waals surface area contributed by atoms with Crippen LogP contribution in [0.4, 0.5) is 0 Å². The fourth-order valence-electron chi connectivity index (χ4n) is 3.58. The van der Waals surface area contributed by atoms with Gasteiger partial charge >= 0.3 is 0 Å². The van der Waals surface area contributed by atoms with Gasteiger partial charge in [-0.1, -0.05) is 33.6 Å². The molecule has 1 heterocycles. The first-order valence-electron chi connectivity index (χ1n) is 8.95. The molecule has 0 spiro atoms. The third kappa shape index (κ3) is 4.28. The van der Waals surface area contributed by atoms with Crippen LogP contribution in [0, 0.1) is 6.92 Å². The normalized spacial score (nSPS) is 16.0. The number of amides is 1. The molecule has 1 aliphatic rings. The Morgan fingerprint density at radius 3 is 2.67 bits per heavy atom. The summed E-state index contributed by atoms with van der Waals surface area (Å²) in [7, 11) is 1.67. The van der Waals surface area contributed by atoms with Gasteiger partial charge in [0.1, 0.15) is 11.5 Å². The SMILES string of the molecule is COc1ccc(C)cc1C1(CNC(=O)c2ccc(Br)cc2O)CCOCC1. The largest absolute Gasteiger partial charge is 0.507 e. The smallest absolute Gasteiger partial charge is 0.255 e. The van der Waals surface area contributed by atoms with Crippen LogP contribution in [0.3, 0.4) is 0 Å². The van der Waals surface area contributed by atoms with Crippen molar-refractivity contribution in [2.24, 2.45) is 0 Å². The average molecular weight is 434 g/mol. The lowest BCUT2D eigenvalue weighted by Crippen LogP contribution is -2.44. The van der Waals surface area contributed by atoms with E-state index in [0.717, 1.165) is 34.2 Å². The summed E-state index contributed by atoms with van der Waals surface area (Å²) in [5.41, 5.74) is 2.23. The third-order valence-corrected chi connectivity index (χ3v) is 5.66. The highest BCUT2D eigenvalue weighted by molar-refractivity contribution is 9.10. The number of benzene rings is 2. The lowest BCUT2D eigenvalue weighted by molar-refractivity contribution is 0.0478. The van der Waals surface area contributed by atoms with E-state index in [1.165, 1.54) is 6.07 Å². The van der Waals surface area contributed by atoms with Crippen LogP contribution in [0.5, 0.6) is 11.5 Å². The van der Waals surface area contributed by atoms with Gasteiger partial charge in [0.25, 0.3) is 5.91 Å². The van der Waals surface area contributed by atoms with Gasteiger partial charge in [0, 0.05) is 35.2 Å². The number of rotatable bonds is 5. The summed E-state index contributed by atoms with van der Waals surface area (Å²) in [5, 5.41) is 13.1. The number of hydrogen-bond acceptors (Lipinski definition) is 4. The zero-order valence-corrected chi connectivity index (χ0v) is 17.1. The van der Waals surface area contributed by atoms with Crippen LogP contribution < -0.4 is 10.1 Å². The number of hydrogen-bond donors (Lipinski definition) is 2. The molecule has 0 unspecified atom stereocenters. The van der Waals surface area contributed by atoms with E-state index < -0.39 is 0 Å². The summed E-state index contributed by atoms with van der Waals surface area (Å²) in [6, 6.07) is 11.0. The van der Waals surface area contributed by atoms with E-state index in [1.54, 1.807) is 19.2 Å². The quantitative estimate of drug-likeness (QED) is 0.748. The molecule has 27 heavy (non-hydrogen) atoms. The van der Waals surface area contributed by atoms with Crippen LogP contribution in [0.25, 0.3) is 0 Å². The Balaban J connectivity index is 1.88. The number of ether oxygens (including phenoxy) is 2. The number of halogens is 1. The van der Waals surface area contributed by atoms with Crippen molar-refractivity contribution in [2.75, 3.05) is 26.9 Å². The standard InChI is InChI=1S/C21H24BrNO4/c1-14-3-6-19(26-2)17(11-14)21(7-9-27-10-8-21)13-23-20(25)16-5-4-15(22)12-18(16)24/h3-6,11-12,24H,7-10,13H2,1-2H3,(H,23,25). The Morgan fingerprint density at radius 2 is 2.00 bits per heavy atom. The topological polar surface area (TPSA) is 67.8 Å². The zero-order chi connectivity index (χ0) is 19.4. The second kappa shape index (κ2) is 8.31. The van der Waals surface area contributed by atoms with Crippen molar-refractivity contribution < 1.29 is 19.4 Å². The minimum absolute atomic E-state index is 0.0453. The second-order valence-electron chi connectivity index (χ2n) is 6.94. The number of nitrogens with one attached hydrogen (secondary N) is 1. The first-order valence-corrected chi connectivity index (χ1v) is 9.74. The monoisotopic (exact) mass is 433 g/mol. The van der Waals surface area contributed by atoms with Gasteiger partial charge in [-0.05, 0) is 44.0 Å². The molecule has 1 aliphatic heterocycles. The minimum atomic E-state index is -0.294. The molecule has 1 fully saturated rings. The minimum Gasteiger partial charge on any atom is -0.507 e. The molecule has 6 heteroatoms. The highest BCUT2D eigenvalue weighted by Crippen LogP contribution is 2.40. The number of carbonyl (C=O) groups is 1. The summed E-state index contributed by atoms with van der Waals surface area (Å²) in [4.78, 5) is 12.7. The number of aromatic hydroxyl groups is 1. The van der Waals surface area contributed by atoms with Crippen LogP contribution >= 0.6 is 15.9 Å². The summed E-state index contributed by atoms with van der Waals surface area (Å²) in [6.45, 7) is 3.77. The van der Waals surface area contributed by atoms with E-state index in [4.69, 9.17) is 9.47 Å². The highest BCUT2D eigenvalue weighted by Gasteiger charge is 2.37. The van der Waals surface area contributed by atoms with E-state index in [9.17, 15) is 9.90 Å². The van der Waals surface area contributed by atoms with Crippen LogP contribution in [0.15, 0.2) is 40.9 Å². The van der Waals surface area contributed by atoms with Crippen molar-refractivity contribution in [3.8, 4) is 11.5 Å². The van der Waals surface area contributed by atoms with E-state index >= 15 is 0 Å². The zero-order valence-electron chi connectivity index (χ0n) is 15.5. The van der Waals surface area contributed by atoms with Gasteiger partial charge in [-0.2, -0.15) is 0 Å². The molecular formula is C21H24BrNO4. The Hall–Kier alpha value is -2.05. The summed E-state index contributed by atoms with van der Waals surface area (Å²) < 4.78 is 11.9. The molecule has 0 radical (unpaired) electrons. The van der Waals surface area contributed by atoms with Gasteiger partial charge in [-0.25, -0.2) is 0 Å². The maximum Gasteiger partial charge on any atom is 0.255 e. The Morgan fingerprint density at radius 1 is 1.26 bits per heavy atom. The lowest BCUT2D eigenvalue weighted by atomic mass is 9.73. The van der Waals surface area contributed by atoms with Crippen LogP contribution in [0.2, 0.25) is 0 Å². The Kier molecular flexibility index (Phi) is 6.07. The molecule has 1 saturated heterocycles. The van der Waals surface area contributed by atoms with Gasteiger partial charge in [-0.3, -0.25) is 4.79 Å². The number of aryl methyl sites for hydroxylation is 1. The number of phenols is 1. The van der Waals surface area contributed by atoms with Crippen molar-refractivity contribution in [3.63, 3.8) is 0 Å². The van der Waals surface area contributed by atoms with Crippen molar-refractivity contribution in [3.05, 3.63) is 57.6 Å². The lowest BCUT2D eigenvalue weighted by Gasteiger charge is -2.38. The fraction of sp³-hybridized carbons (Fsp3) is 0.381. The molecule has 0 saturated carbocycles. The number of carbonyl (C=O) groups excluding carboxylic acids is 1. The van der Waals surface area contributed by atoms with Crippen LogP contribution in [0.1, 0.15) is 34.3 Å². The molecule has 2 N–H and O–H groups in total. The van der Waals surface area contributed by atoms with E-state index in [2.05, 4.69) is 34.2 Å². The molecule has 0 aromatic heterocycles. The van der Waals surface area contributed by atoms with Crippen molar-refractivity contribution in [2.45, 2.75) is 25.2 Å². The van der Waals surface area contributed by atoms with Crippen molar-refractivity contribution in [1.29, 1.82) is 0 Å². The number of phenolic OH excluding ortho intramolecular Hbond substituents is 1. The first kappa shape index (κ1) is 19.7. The van der Waals surface area contributed by atoms with Crippen molar-refractivity contribution >= 4 is 21.8 Å². The fourth-order valence-corrected chi connectivity index (χ4v) is 3.93. The van der Waals surface area contributed by atoms with Gasteiger partial charge < -0.3 is 19.9 Å². The van der Waals surface area contributed by atoms with Gasteiger partial charge in [0.15, 0.2) is 0 Å². The summed E-state index contributed by atoms with van der Waals surface area (Å²) in [5.74, 6) is 0.483. The van der Waals surface area contributed by atoms with E-state index in [1.807, 2.05) is 12.1 Å². The highest BCUT2D eigenvalue weighted by atomic mass is 79.9. The molecule has 0 bridgehead atoms. The molecule has 1 amide bonds. The molecule has 2 aromatic rings. The molecule has 0 atom stereocenters. The molecule has 5 nitrogen and oxygen atoms in total. The molecular weight excluding hydrogens is 410 g/mol.